The molecule has 0 radical (unpaired) electrons. The third-order valence-corrected chi connectivity index (χ3v) is 10.8. The molecule has 0 amide bonds. The van der Waals surface area contributed by atoms with Crippen LogP contribution in [0.4, 0.5) is 0 Å². The average molecular weight is 413 g/mol. The van der Waals surface area contributed by atoms with E-state index in [9.17, 15) is 9.59 Å². The molecule has 4 saturated carbocycles. The largest absolute Gasteiger partial charge is 0.300 e. The molecule has 2 nitrogen and oxygen atoms in total. The second-order valence-corrected chi connectivity index (χ2v) is 12.4. The van der Waals surface area contributed by atoms with Crippen LogP contribution in [0.1, 0.15) is 98.8 Å². The summed E-state index contributed by atoms with van der Waals surface area (Å²) in [5.74, 6) is 4.79. The Morgan fingerprint density at radius 2 is 1.70 bits per heavy atom. The number of allylic oxidation sites excluding steroid dienone is 1. The van der Waals surface area contributed by atoms with Crippen molar-refractivity contribution in [1.82, 2.24) is 0 Å². The van der Waals surface area contributed by atoms with Crippen LogP contribution in [0.2, 0.25) is 0 Å². The molecule has 8 atom stereocenters. The van der Waals surface area contributed by atoms with Gasteiger partial charge in [0.15, 0.2) is 0 Å². The molecular weight excluding hydrogens is 368 g/mol. The molecule has 0 unspecified atom stereocenters. The van der Waals surface area contributed by atoms with Crippen molar-refractivity contribution in [3.63, 3.8) is 0 Å². The monoisotopic (exact) mass is 412 g/mol. The Labute approximate surface area is 184 Å². The van der Waals surface area contributed by atoms with Gasteiger partial charge in [-0.3, -0.25) is 9.59 Å². The van der Waals surface area contributed by atoms with Gasteiger partial charge < -0.3 is 0 Å². The topological polar surface area (TPSA) is 34.1 Å². The Hall–Kier alpha value is -0.920. The Bertz CT molecular complexity index is 720. The number of carbonyl (C=O) groups is 2. The first-order chi connectivity index (χ1) is 14.1. The van der Waals surface area contributed by atoms with E-state index in [1.165, 1.54) is 37.7 Å². The molecular formula is C28H44O2. The number of carbonyl (C=O) groups excluding carboxylic acids is 2. The summed E-state index contributed by atoms with van der Waals surface area (Å²) in [4.78, 5) is 25.3. The lowest BCUT2D eigenvalue weighted by atomic mass is 9.44. The second kappa shape index (κ2) is 7.89. The van der Waals surface area contributed by atoms with Gasteiger partial charge in [-0.2, -0.15) is 0 Å². The van der Waals surface area contributed by atoms with E-state index in [0.29, 0.717) is 53.5 Å². The zero-order valence-electron chi connectivity index (χ0n) is 20.1. The number of hydrogen-bond acceptors (Lipinski definition) is 2. The summed E-state index contributed by atoms with van der Waals surface area (Å²) < 4.78 is 0. The standard InChI is InChI=1S/C28H44O2/c1-17(2)18(3)7-8-19(4)22-9-10-23-21-16-26(30)25-15-20(29)11-13-28(25,6)24(21)12-14-27(22,23)5/h17,19,21-25H,3,7-16H2,1-2,4-6H3/t19-,21+,22-,23+,24+,25-,27-,28-/m1/s1. The number of hydrogen-bond donors (Lipinski definition) is 0. The van der Waals surface area contributed by atoms with Crippen LogP contribution >= 0.6 is 0 Å². The first-order valence-electron chi connectivity index (χ1n) is 12.8. The highest BCUT2D eigenvalue weighted by Gasteiger charge is 2.62. The normalized spacial score (nSPS) is 44.4. The first kappa shape index (κ1) is 22.3. The van der Waals surface area contributed by atoms with Gasteiger partial charge in [0.1, 0.15) is 11.6 Å². The van der Waals surface area contributed by atoms with E-state index in [-0.39, 0.29) is 11.3 Å². The van der Waals surface area contributed by atoms with Crippen molar-refractivity contribution in [1.29, 1.82) is 0 Å². The molecule has 4 aliphatic rings. The molecule has 2 heteroatoms. The summed E-state index contributed by atoms with van der Waals surface area (Å²) in [7, 11) is 0. The summed E-state index contributed by atoms with van der Waals surface area (Å²) in [6, 6.07) is 0. The molecule has 4 aliphatic carbocycles. The lowest BCUT2D eigenvalue weighted by molar-refractivity contribution is -0.159. The fourth-order valence-corrected chi connectivity index (χ4v) is 8.72. The van der Waals surface area contributed by atoms with Crippen LogP contribution in [0.3, 0.4) is 0 Å². The minimum absolute atomic E-state index is 0.0162. The lowest BCUT2D eigenvalue weighted by Crippen LogP contribution is -2.56. The molecule has 0 aliphatic heterocycles. The molecule has 0 aromatic carbocycles. The molecule has 4 fully saturated rings. The number of rotatable bonds is 5. The minimum atomic E-state index is 0.0162. The van der Waals surface area contributed by atoms with Gasteiger partial charge in [-0.1, -0.05) is 46.8 Å². The second-order valence-electron chi connectivity index (χ2n) is 12.4. The van der Waals surface area contributed by atoms with Crippen molar-refractivity contribution in [3.05, 3.63) is 12.2 Å². The highest BCUT2D eigenvalue weighted by atomic mass is 16.1. The molecule has 0 bridgehead atoms. The van der Waals surface area contributed by atoms with Gasteiger partial charge in [-0.15, -0.1) is 0 Å². The fraction of sp³-hybridized carbons (Fsp3) is 0.857. The van der Waals surface area contributed by atoms with Crippen molar-refractivity contribution < 1.29 is 9.59 Å². The van der Waals surface area contributed by atoms with E-state index < -0.39 is 0 Å². The predicted octanol–water partition coefficient (Wildman–Crippen LogP) is 7.02. The van der Waals surface area contributed by atoms with Crippen LogP contribution in [-0.2, 0) is 9.59 Å². The minimum Gasteiger partial charge on any atom is -0.300 e. The van der Waals surface area contributed by atoms with E-state index in [2.05, 4.69) is 41.2 Å². The number of ketones is 2. The zero-order valence-corrected chi connectivity index (χ0v) is 20.1. The fourth-order valence-electron chi connectivity index (χ4n) is 8.72. The van der Waals surface area contributed by atoms with Crippen LogP contribution < -0.4 is 0 Å². The third kappa shape index (κ3) is 3.45. The van der Waals surface area contributed by atoms with Gasteiger partial charge in [0.25, 0.3) is 0 Å². The highest BCUT2D eigenvalue weighted by Crippen LogP contribution is 2.67. The van der Waals surface area contributed by atoms with E-state index in [4.69, 9.17) is 0 Å². The van der Waals surface area contributed by atoms with Crippen LogP contribution in [-0.4, -0.2) is 11.6 Å². The van der Waals surface area contributed by atoms with E-state index >= 15 is 0 Å². The van der Waals surface area contributed by atoms with Crippen molar-refractivity contribution >= 4 is 11.6 Å². The van der Waals surface area contributed by atoms with Crippen molar-refractivity contribution in [2.45, 2.75) is 98.8 Å². The molecule has 4 rings (SSSR count). The quantitative estimate of drug-likeness (QED) is 0.455. The molecule has 0 N–H and O–H groups in total. The van der Waals surface area contributed by atoms with Crippen molar-refractivity contribution in [2.75, 3.05) is 0 Å². The third-order valence-electron chi connectivity index (χ3n) is 10.8. The first-order valence-corrected chi connectivity index (χ1v) is 12.8. The predicted molar refractivity (Wildman–Crippen MR) is 123 cm³/mol. The van der Waals surface area contributed by atoms with Crippen LogP contribution in [0.25, 0.3) is 0 Å². The Kier molecular flexibility index (Phi) is 5.86. The molecule has 30 heavy (non-hydrogen) atoms. The highest BCUT2D eigenvalue weighted by molar-refractivity contribution is 5.90. The van der Waals surface area contributed by atoms with Crippen molar-refractivity contribution in [2.24, 2.45) is 52.3 Å². The summed E-state index contributed by atoms with van der Waals surface area (Å²) >= 11 is 0. The maximum Gasteiger partial charge on any atom is 0.137 e. The lowest BCUT2D eigenvalue weighted by Gasteiger charge is -2.59. The Morgan fingerprint density at radius 3 is 2.40 bits per heavy atom. The van der Waals surface area contributed by atoms with Gasteiger partial charge in [-0.05, 0) is 91.3 Å². The number of Topliss-reactive ketones (excluding diaryl/α,β-unsaturated/α-hetero) is 2. The summed E-state index contributed by atoms with van der Waals surface area (Å²) in [5, 5.41) is 0. The maximum atomic E-state index is 13.2. The van der Waals surface area contributed by atoms with Crippen LogP contribution in [0, 0.1) is 52.3 Å². The zero-order chi connectivity index (χ0) is 21.8. The van der Waals surface area contributed by atoms with Gasteiger partial charge in [0.05, 0.1) is 0 Å². The van der Waals surface area contributed by atoms with Gasteiger partial charge >= 0.3 is 0 Å². The molecule has 0 saturated heterocycles. The van der Waals surface area contributed by atoms with Crippen LogP contribution in [0.15, 0.2) is 12.2 Å². The summed E-state index contributed by atoms with van der Waals surface area (Å²) in [6.07, 6.45) is 10.6. The van der Waals surface area contributed by atoms with E-state index in [0.717, 1.165) is 31.1 Å². The number of fused-ring (bicyclic) bond motifs is 5. The van der Waals surface area contributed by atoms with Gasteiger partial charge in [0.2, 0.25) is 0 Å². The molecule has 0 aromatic rings. The Balaban J connectivity index is 1.51. The van der Waals surface area contributed by atoms with E-state index in [1.54, 1.807) is 0 Å². The SMILES string of the molecule is C=C(CC[C@@H](C)[C@H]1CC[C@H]2[C@@H]3CC(=O)[C@H]4CC(=O)CC[C@]4(C)[C@H]3CC[C@]12C)C(C)C. The molecule has 0 spiro atoms. The summed E-state index contributed by atoms with van der Waals surface area (Å²) in [6.45, 7) is 16.2. The molecule has 0 aromatic heterocycles. The summed E-state index contributed by atoms with van der Waals surface area (Å²) in [5.41, 5.74) is 1.87. The molecule has 168 valence electrons. The van der Waals surface area contributed by atoms with E-state index in [1.807, 2.05) is 0 Å². The molecule has 0 heterocycles. The average Bonchev–Trinajstić information content (AvgIpc) is 3.04. The Morgan fingerprint density at radius 1 is 1.00 bits per heavy atom. The van der Waals surface area contributed by atoms with Gasteiger partial charge in [-0.25, -0.2) is 0 Å². The maximum absolute atomic E-state index is 13.2. The van der Waals surface area contributed by atoms with Gasteiger partial charge in [0, 0.05) is 25.2 Å². The smallest absolute Gasteiger partial charge is 0.137 e. The van der Waals surface area contributed by atoms with Crippen molar-refractivity contribution in [3.8, 4) is 0 Å². The van der Waals surface area contributed by atoms with Crippen LogP contribution in [0.5, 0.6) is 0 Å².